The van der Waals surface area contributed by atoms with Gasteiger partial charge in [-0.25, -0.2) is 0 Å². The van der Waals surface area contributed by atoms with Crippen molar-refractivity contribution < 1.29 is 9.72 Å². The first-order chi connectivity index (χ1) is 10.6. The lowest BCUT2D eigenvalue weighted by atomic mass is 10.0. The van der Waals surface area contributed by atoms with E-state index in [0.29, 0.717) is 11.5 Å². The summed E-state index contributed by atoms with van der Waals surface area (Å²) in [4.78, 5) is 22.5. The fourth-order valence-electron chi connectivity index (χ4n) is 2.52. The highest BCUT2D eigenvalue weighted by Crippen LogP contribution is 2.41. The summed E-state index contributed by atoms with van der Waals surface area (Å²) in [5, 5.41) is 13.7. The van der Waals surface area contributed by atoms with Gasteiger partial charge in [-0.3, -0.25) is 14.9 Å². The molecule has 22 heavy (non-hydrogen) atoms. The molecule has 2 aromatic carbocycles. The van der Waals surface area contributed by atoms with Crippen molar-refractivity contribution in [1.29, 1.82) is 0 Å². The maximum atomic E-state index is 12.4. The van der Waals surface area contributed by atoms with E-state index in [1.165, 1.54) is 24.3 Å². The minimum atomic E-state index is -0.474. The lowest BCUT2D eigenvalue weighted by Gasteiger charge is -2.18. The van der Waals surface area contributed by atoms with Gasteiger partial charge >= 0.3 is 0 Å². The van der Waals surface area contributed by atoms with Crippen molar-refractivity contribution >= 4 is 11.6 Å². The van der Waals surface area contributed by atoms with E-state index in [4.69, 9.17) is 0 Å². The van der Waals surface area contributed by atoms with Gasteiger partial charge in [-0.2, -0.15) is 0 Å². The molecule has 0 heterocycles. The molecule has 1 aliphatic rings. The zero-order valence-electron chi connectivity index (χ0n) is 11.9. The summed E-state index contributed by atoms with van der Waals surface area (Å²) < 4.78 is 0. The molecule has 112 valence electrons. The van der Waals surface area contributed by atoms with Crippen LogP contribution in [0.2, 0.25) is 0 Å². The Labute approximate surface area is 128 Å². The molecule has 1 aliphatic carbocycles. The van der Waals surface area contributed by atoms with Gasteiger partial charge in [0.25, 0.3) is 11.6 Å². The molecule has 3 rings (SSSR count). The van der Waals surface area contributed by atoms with Gasteiger partial charge in [0.05, 0.1) is 11.0 Å². The lowest BCUT2D eigenvalue weighted by Crippen LogP contribution is -2.29. The molecular formula is C17H16N2O3. The summed E-state index contributed by atoms with van der Waals surface area (Å²) >= 11 is 0. The second-order valence-electron chi connectivity index (χ2n) is 5.50. The minimum Gasteiger partial charge on any atom is -0.345 e. The zero-order valence-corrected chi connectivity index (χ0v) is 11.9. The summed E-state index contributed by atoms with van der Waals surface area (Å²) in [6.07, 6.45) is 2.22. The zero-order chi connectivity index (χ0) is 15.5. The lowest BCUT2D eigenvalue weighted by molar-refractivity contribution is -0.384. The number of nitro benzene ring substituents is 1. The normalized spacial score (nSPS) is 15.1. The first-order valence-corrected chi connectivity index (χ1v) is 7.25. The smallest absolute Gasteiger partial charge is 0.269 e. The second kappa shape index (κ2) is 5.97. The summed E-state index contributed by atoms with van der Waals surface area (Å²) in [6, 6.07) is 15.6. The van der Waals surface area contributed by atoms with Crippen LogP contribution >= 0.6 is 0 Å². The van der Waals surface area contributed by atoms with Crippen molar-refractivity contribution in [2.75, 3.05) is 0 Å². The van der Waals surface area contributed by atoms with Crippen LogP contribution in [0.5, 0.6) is 0 Å². The van der Waals surface area contributed by atoms with Crippen molar-refractivity contribution in [2.24, 2.45) is 5.92 Å². The Morgan fingerprint density at radius 1 is 1.09 bits per heavy atom. The van der Waals surface area contributed by atoms with Crippen LogP contribution in [0.25, 0.3) is 0 Å². The standard InChI is InChI=1S/C17H16N2O3/c20-17(14-8-10-15(11-9-14)19(21)22)18-16(13-6-7-13)12-4-2-1-3-5-12/h1-5,8-11,13,16H,6-7H2,(H,18,20)/t16-/m0/s1. The highest BCUT2D eigenvalue weighted by Gasteiger charge is 2.33. The summed E-state index contributed by atoms with van der Waals surface area (Å²) in [5.41, 5.74) is 1.52. The van der Waals surface area contributed by atoms with Gasteiger partial charge < -0.3 is 5.32 Å². The average Bonchev–Trinajstić information content (AvgIpc) is 3.38. The van der Waals surface area contributed by atoms with E-state index in [0.717, 1.165) is 18.4 Å². The molecule has 0 spiro atoms. The Morgan fingerprint density at radius 3 is 2.27 bits per heavy atom. The van der Waals surface area contributed by atoms with Gasteiger partial charge in [-0.05, 0) is 36.5 Å². The molecule has 5 heteroatoms. The molecule has 1 fully saturated rings. The van der Waals surface area contributed by atoms with Gasteiger partial charge in [-0.1, -0.05) is 30.3 Å². The maximum absolute atomic E-state index is 12.4. The number of nitro groups is 1. The van der Waals surface area contributed by atoms with Crippen LogP contribution in [-0.2, 0) is 0 Å². The number of non-ortho nitro benzene ring substituents is 1. The van der Waals surface area contributed by atoms with E-state index in [-0.39, 0.29) is 17.6 Å². The summed E-state index contributed by atoms with van der Waals surface area (Å²) in [5.74, 6) is 0.278. The quantitative estimate of drug-likeness (QED) is 0.678. The van der Waals surface area contributed by atoms with Gasteiger partial charge in [-0.15, -0.1) is 0 Å². The topological polar surface area (TPSA) is 72.2 Å². The Bertz CT molecular complexity index is 679. The highest BCUT2D eigenvalue weighted by atomic mass is 16.6. The van der Waals surface area contributed by atoms with Crippen LogP contribution in [0.1, 0.15) is 34.8 Å². The molecule has 2 aromatic rings. The number of nitrogens with one attached hydrogen (secondary N) is 1. The summed E-state index contributed by atoms with van der Waals surface area (Å²) in [7, 11) is 0. The van der Waals surface area contributed by atoms with Crippen LogP contribution in [0.15, 0.2) is 54.6 Å². The van der Waals surface area contributed by atoms with Crippen LogP contribution < -0.4 is 5.32 Å². The summed E-state index contributed by atoms with van der Waals surface area (Å²) in [6.45, 7) is 0. The fourth-order valence-corrected chi connectivity index (χ4v) is 2.52. The number of carbonyl (C=O) groups is 1. The van der Waals surface area contributed by atoms with Crippen molar-refractivity contribution in [3.63, 3.8) is 0 Å². The molecule has 0 radical (unpaired) electrons. The van der Waals surface area contributed by atoms with E-state index in [9.17, 15) is 14.9 Å². The predicted octanol–water partition coefficient (Wildman–Crippen LogP) is 3.48. The molecule has 1 saturated carbocycles. The number of hydrogen-bond acceptors (Lipinski definition) is 3. The largest absolute Gasteiger partial charge is 0.345 e. The molecule has 0 aliphatic heterocycles. The molecule has 5 nitrogen and oxygen atoms in total. The predicted molar refractivity (Wildman–Crippen MR) is 82.5 cm³/mol. The molecule has 0 saturated heterocycles. The van der Waals surface area contributed by atoms with Gasteiger partial charge in [0.15, 0.2) is 0 Å². The molecule has 1 amide bonds. The number of benzene rings is 2. The number of nitrogens with zero attached hydrogens (tertiary/aromatic N) is 1. The maximum Gasteiger partial charge on any atom is 0.269 e. The molecule has 1 N–H and O–H groups in total. The number of amides is 1. The number of hydrogen-bond donors (Lipinski definition) is 1. The van der Waals surface area contributed by atoms with E-state index in [1.807, 2.05) is 30.3 Å². The van der Waals surface area contributed by atoms with Crippen LogP contribution in [0.4, 0.5) is 5.69 Å². The van der Waals surface area contributed by atoms with Crippen molar-refractivity contribution in [1.82, 2.24) is 5.32 Å². The van der Waals surface area contributed by atoms with Gasteiger partial charge in [0.1, 0.15) is 0 Å². The van der Waals surface area contributed by atoms with E-state index in [2.05, 4.69) is 5.32 Å². The molecule has 0 aromatic heterocycles. The van der Waals surface area contributed by atoms with Gasteiger partial charge in [0, 0.05) is 17.7 Å². The molecule has 1 atom stereocenters. The third-order valence-electron chi connectivity index (χ3n) is 3.88. The Balaban J connectivity index is 1.75. The van der Waals surface area contributed by atoms with Crippen molar-refractivity contribution in [3.8, 4) is 0 Å². The van der Waals surface area contributed by atoms with Crippen LogP contribution in [0, 0.1) is 16.0 Å². The molecule has 0 bridgehead atoms. The SMILES string of the molecule is O=C(N[C@@H](c1ccccc1)C1CC1)c1ccc([N+](=O)[O-])cc1. The van der Waals surface area contributed by atoms with E-state index < -0.39 is 4.92 Å². The average molecular weight is 296 g/mol. The monoisotopic (exact) mass is 296 g/mol. The van der Waals surface area contributed by atoms with Crippen molar-refractivity contribution in [2.45, 2.75) is 18.9 Å². The van der Waals surface area contributed by atoms with Crippen molar-refractivity contribution in [3.05, 3.63) is 75.8 Å². The Kier molecular flexibility index (Phi) is 3.87. The minimum absolute atomic E-state index is 0.00360. The molecular weight excluding hydrogens is 280 g/mol. The van der Waals surface area contributed by atoms with E-state index in [1.54, 1.807) is 0 Å². The van der Waals surface area contributed by atoms with Gasteiger partial charge in [0.2, 0.25) is 0 Å². The fraction of sp³-hybridized carbons (Fsp3) is 0.235. The Morgan fingerprint density at radius 2 is 1.73 bits per heavy atom. The van der Waals surface area contributed by atoms with Crippen LogP contribution in [-0.4, -0.2) is 10.8 Å². The second-order valence-corrected chi connectivity index (χ2v) is 5.50. The third kappa shape index (κ3) is 3.14. The third-order valence-corrected chi connectivity index (χ3v) is 3.88. The first-order valence-electron chi connectivity index (χ1n) is 7.25. The Hall–Kier alpha value is -2.69. The van der Waals surface area contributed by atoms with E-state index >= 15 is 0 Å². The first kappa shape index (κ1) is 14.3. The number of carbonyl (C=O) groups excluding carboxylic acids is 1. The highest BCUT2D eigenvalue weighted by molar-refractivity contribution is 5.94. The molecule has 0 unspecified atom stereocenters. The van der Waals surface area contributed by atoms with Crippen LogP contribution in [0.3, 0.4) is 0 Å². The number of rotatable bonds is 5.